The van der Waals surface area contributed by atoms with Crippen LogP contribution in [-0.2, 0) is 4.43 Å². The molecular formula is C6H13OSi. The molecule has 47 valence electrons. The molecule has 0 aromatic heterocycles. The van der Waals surface area contributed by atoms with Crippen molar-refractivity contribution in [1.82, 2.24) is 0 Å². The van der Waals surface area contributed by atoms with E-state index in [1.54, 1.807) is 0 Å². The topological polar surface area (TPSA) is 9.23 Å². The maximum Gasteiger partial charge on any atom is 0.204 e. The van der Waals surface area contributed by atoms with Crippen LogP contribution in [0.1, 0.15) is 6.42 Å². The fourth-order valence-corrected chi connectivity index (χ4v) is 0.872. The molecule has 0 rings (SSSR count). The lowest BCUT2D eigenvalue weighted by Crippen LogP contribution is -2.07. The van der Waals surface area contributed by atoms with E-state index in [0.29, 0.717) is 0 Å². The normalized spacial score (nSPS) is 9.88. The quantitative estimate of drug-likeness (QED) is 0.320. The Morgan fingerprint density at radius 2 is 2.25 bits per heavy atom. The zero-order valence-electron chi connectivity index (χ0n) is 5.61. The number of hydrogen-bond acceptors (Lipinski definition) is 1. The molecule has 0 aliphatic carbocycles. The fraction of sp³-hybridized carbons (Fsp3) is 0.667. The van der Waals surface area contributed by atoms with Gasteiger partial charge in [0.1, 0.15) is 0 Å². The average Bonchev–Trinajstić information content (AvgIpc) is 1.66. The Morgan fingerprint density at radius 1 is 1.62 bits per heavy atom. The van der Waals surface area contributed by atoms with Crippen molar-refractivity contribution in [1.29, 1.82) is 0 Å². The first-order valence-electron chi connectivity index (χ1n) is 2.81. The van der Waals surface area contributed by atoms with Crippen molar-refractivity contribution in [3.05, 3.63) is 12.7 Å². The van der Waals surface area contributed by atoms with Gasteiger partial charge in [0.2, 0.25) is 9.04 Å². The first kappa shape index (κ1) is 7.92. The Kier molecular flexibility index (Phi) is 5.01. The van der Waals surface area contributed by atoms with Crippen LogP contribution in [-0.4, -0.2) is 15.6 Å². The molecular weight excluding hydrogens is 116 g/mol. The van der Waals surface area contributed by atoms with Crippen molar-refractivity contribution >= 4 is 9.04 Å². The van der Waals surface area contributed by atoms with Gasteiger partial charge in [0.15, 0.2) is 0 Å². The van der Waals surface area contributed by atoms with Crippen LogP contribution < -0.4 is 0 Å². The van der Waals surface area contributed by atoms with E-state index in [2.05, 4.69) is 19.7 Å². The minimum absolute atomic E-state index is 0.455. The summed E-state index contributed by atoms with van der Waals surface area (Å²) in [7, 11) is -0.455. The summed E-state index contributed by atoms with van der Waals surface area (Å²) in [5.74, 6) is 0. The summed E-state index contributed by atoms with van der Waals surface area (Å²) in [5.41, 5.74) is 0. The lowest BCUT2D eigenvalue weighted by Gasteiger charge is -2.01. The second-order valence-electron chi connectivity index (χ2n) is 1.83. The van der Waals surface area contributed by atoms with Gasteiger partial charge in [0.25, 0.3) is 0 Å². The van der Waals surface area contributed by atoms with Crippen molar-refractivity contribution in [2.24, 2.45) is 0 Å². The third kappa shape index (κ3) is 5.92. The number of rotatable bonds is 4. The summed E-state index contributed by atoms with van der Waals surface area (Å²) in [5, 5.41) is 0. The second-order valence-corrected chi connectivity index (χ2v) is 3.94. The molecule has 0 heterocycles. The standard InChI is InChI=1S/C6H13OSi/c1-4-5-6-7-8(2)3/h4H,1,5-6H2,2-3H3. The first-order chi connectivity index (χ1) is 3.77. The minimum Gasteiger partial charge on any atom is -0.417 e. The zero-order valence-corrected chi connectivity index (χ0v) is 6.61. The van der Waals surface area contributed by atoms with E-state index in [9.17, 15) is 0 Å². The molecule has 0 bridgehead atoms. The SMILES string of the molecule is C=CCCO[Si](C)C. The van der Waals surface area contributed by atoms with Crippen LogP contribution in [0.2, 0.25) is 13.1 Å². The van der Waals surface area contributed by atoms with Crippen molar-refractivity contribution in [3.8, 4) is 0 Å². The highest BCUT2D eigenvalue weighted by Crippen LogP contribution is 1.86. The smallest absolute Gasteiger partial charge is 0.204 e. The van der Waals surface area contributed by atoms with Gasteiger partial charge in [-0.05, 0) is 19.5 Å². The van der Waals surface area contributed by atoms with Crippen LogP contribution >= 0.6 is 0 Å². The van der Waals surface area contributed by atoms with Gasteiger partial charge in [-0.15, -0.1) is 6.58 Å². The summed E-state index contributed by atoms with van der Waals surface area (Å²) < 4.78 is 5.31. The summed E-state index contributed by atoms with van der Waals surface area (Å²) in [6.45, 7) is 8.71. The van der Waals surface area contributed by atoms with Crippen LogP contribution in [0, 0.1) is 0 Å². The van der Waals surface area contributed by atoms with Crippen molar-refractivity contribution in [2.45, 2.75) is 19.5 Å². The Bertz CT molecular complexity index is 61.5. The largest absolute Gasteiger partial charge is 0.417 e. The van der Waals surface area contributed by atoms with Crippen LogP contribution in [0.5, 0.6) is 0 Å². The molecule has 0 saturated carbocycles. The van der Waals surface area contributed by atoms with Gasteiger partial charge in [-0.25, -0.2) is 0 Å². The molecule has 0 spiro atoms. The van der Waals surface area contributed by atoms with Crippen LogP contribution in [0.4, 0.5) is 0 Å². The molecule has 0 unspecified atom stereocenters. The van der Waals surface area contributed by atoms with Gasteiger partial charge < -0.3 is 4.43 Å². The van der Waals surface area contributed by atoms with Crippen LogP contribution in [0.3, 0.4) is 0 Å². The van der Waals surface area contributed by atoms with Gasteiger partial charge in [-0.2, -0.15) is 0 Å². The minimum atomic E-state index is -0.455. The van der Waals surface area contributed by atoms with Crippen molar-refractivity contribution < 1.29 is 4.43 Å². The second kappa shape index (κ2) is 5.06. The molecule has 0 aliphatic heterocycles. The molecule has 0 saturated heterocycles. The predicted octanol–water partition coefficient (Wildman–Crippen LogP) is 1.83. The highest BCUT2D eigenvalue weighted by atomic mass is 28.3. The van der Waals surface area contributed by atoms with Gasteiger partial charge in [-0.1, -0.05) is 6.08 Å². The molecule has 0 amide bonds. The third-order valence-corrected chi connectivity index (χ3v) is 1.49. The Labute approximate surface area is 53.1 Å². The van der Waals surface area contributed by atoms with Crippen LogP contribution in [0.25, 0.3) is 0 Å². The van der Waals surface area contributed by atoms with E-state index in [4.69, 9.17) is 4.43 Å². The first-order valence-corrected chi connectivity index (χ1v) is 5.22. The van der Waals surface area contributed by atoms with E-state index in [0.717, 1.165) is 13.0 Å². The highest BCUT2D eigenvalue weighted by Gasteiger charge is 1.92. The fourth-order valence-electron chi connectivity index (χ4n) is 0.346. The van der Waals surface area contributed by atoms with Gasteiger partial charge in [-0.3, -0.25) is 0 Å². The molecule has 2 heteroatoms. The molecule has 0 aliphatic rings. The Hall–Kier alpha value is -0.0831. The Morgan fingerprint density at radius 3 is 2.62 bits per heavy atom. The third-order valence-electron chi connectivity index (χ3n) is 0.713. The van der Waals surface area contributed by atoms with Crippen molar-refractivity contribution in [3.63, 3.8) is 0 Å². The number of hydrogen-bond donors (Lipinski definition) is 0. The van der Waals surface area contributed by atoms with Crippen molar-refractivity contribution in [2.75, 3.05) is 6.61 Å². The van der Waals surface area contributed by atoms with Gasteiger partial charge in [0.05, 0.1) is 0 Å². The summed E-state index contributed by atoms with van der Waals surface area (Å²) in [4.78, 5) is 0. The summed E-state index contributed by atoms with van der Waals surface area (Å²) in [6.07, 6.45) is 2.86. The van der Waals surface area contributed by atoms with E-state index in [1.165, 1.54) is 0 Å². The Balaban J connectivity index is 2.81. The lowest BCUT2D eigenvalue weighted by molar-refractivity contribution is 0.334. The van der Waals surface area contributed by atoms with Crippen LogP contribution in [0.15, 0.2) is 12.7 Å². The molecule has 0 aromatic rings. The van der Waals surface area contributed by atoms with Gasteiger partial charge in [0, 0.05) is 6.61 Å². The van der Waals surface area contributed by atoms with E-state index in [1.807, 2.05) is 6.08 Å². The highest BCUT2D eigenvalue weighted by molar-refractivity contribution is 6.48. The van der Waals surface area contributed by atoms with Gasteiger partial charge >= 0.3 is 0 Å². The van der Waals surface area contributed by atoms with E-state index >= 15 is 0 Å². The van der Waals surface area contributed by atoms with E-state index in [-0.39, 0.29) is 0 Å². The monoisotopic (exact) mass is 129 g/mol. The molecule has 0 fully saturated rings. The molecule has 0 atom stereocenters. The summed E-state index contributed by atoms with van der Waals surface area (Å²) in [6, 6.07) is 0. The molecule has 0 N–H and O–H groups in total. The summed E-state index contributed by atoms with van der Waals surface area (Å²) >= 11 is 0. The maximum absolute atomic E-state index is 5.31. The van der Waals surface area contributed by atoms with E-state index < -0.39 is 9.04 Å². The molecule has 0 aromatic carbocycles. The molecule has 1 nitrogen and oxygen atoms in total. The lowest BCUT2D eigenvalue weighted by atomic mass is 10.5. The average molecular weight is 129 g/mol. The maximum atomic E-state index is 5.31. The molecule has 1 radical (unpaired) electrons. The molecule has 8 heavy (non-hydrogen) atoms. The zero-order chi connectivity index (χ0) is 6.41. The predicted molar refractivity (Wildman–Crippen MR) is 38.2 cm³/mol.